The molecule has 99 heavy (non-hydrogen) atoms. The fourth-order valence-electron chi connectivity index (χ4n) is 12.4. The molecule has 17 nitrogen and oxygen atoms in total. The molecule has 0 radical (unpaired) electrons. The zero-order chi connectivity index (χ0) is 72.8. The number of hydrogen-bond acceptors (Lipinski definition) is 15. The van der Waals surface area contributed by atoms with Gasteiger partial charge in [-0.05, 0) is 37.5 Å². The third-order valence-corrected chi connectivity index (χ3v) is 20.6. The molecule has 0 fully saturated rings. The molecule has 3 N–H and O–H groups in total. The summed E-state index contributed by atoms with van der Waals surface area (Å²) in [6.07, 6.45) is 61.0. The van der Waals surface area contributed by atoms with E-state index >= 15 is 0 Å². The lowest BCUT2D eigenvalue weighted by Gasteiger charge is -2.21. The number of phosphoric ester groups is 2. The van der Waals surface area contributed by atoms with Gasteiger partial charge in [0.15, 0.2) is 12.2 Å². The molecule has 19 heteroatoms. The summed E-state index contributed by atoms with van der Waals surface area (Å²) in [5.41, 5.74) is 0. The van der Waals surface area contributed by atoms with Crippen LogP contribution in [-0.2, 0) is 65.4 Å². The minimum absolute atomic E-state index is 0.107. The Kier molecular flexibility index (Phi) is 70.3. The van der Waals surface area contributed by atoms with Crippen LogP contribution in [0, 0.1) is 11.8 Å². The average molecular weight is 1450 g/mol. The maximum Gasteiger partial charge on any atom is 0.472 e. The van der Waals surface area contributed by atoms with Crippen LogP contribution in [-0.4, -0.2) is 96.7 Å². The highest BCUT2D eigenvalue weighted by molar-refractivity contribution is 7.47. The second-order valence-electron chi connectivity index (χ2n) is 29.8. The number of hydrogen-bond donors (Lipinski definition) is 3. The highest BCUT2D eigenvalue weighted by Crippen LogP contribution is 2.45. The van der Waals surface area contributed by atoms with E-state index in [1.165, 1.54) is 238 Å². The summed E-state index contributed by atoms with van der Waals surface area (Å²) in [7, 11) is -9.92. The van der Waals surface area contributed by atoms with Gasteiger partial charge in [-0.2, -0.15) is 0 Å². The Labute approximate surface area is 607 Å². The predicted octanol–water partition coefficient (Wildman–Crippen LogP) is 23.9. The fourth-order valence-corrected chi connectivity index (χ4v) is 13.9. The number of carbonyl (C=O) groups excluding carboxylic acids is 4. The first-order valence-electron chi connectivity index (χ1n) is 41.5. The van der Waals surface area contributed by atoms with Crippen molar-refractivity contribution in [3.63, 3.8) is 0 Å². The fraction of sp³-hybridized carbons (Fsp3) is 0.950. The summed E-state index contributed by atoms with van der Waals surface area (Å²) in [6, 6.07) is 0. The molecule has 0 saturated carbocycles. The van der Waals surface area contributed by atoms with E-state index < -0.39 is 97.5 Å². The monoisotopic (exact) mass is 1450 g/mol. The van der Waals surface area contributed by atoms with E-state index in [0.29, 0.717) is 25.7 Å². The van der Waals surface area contributed by atoms with Gasteiger partial charge in [-0.3, -0.25) is 37.3 Å². The van der Waals surface area contributed by atoms with Crippen LogP contribution in [0.25, 0.3) is 0 Å². The van der Waals surface area contributed by atoms with Crippen molar-refractivity contribution in [2.75, 3.05) is 39.6 Å². The molecule has 588 valence electrons. The second kappa shape index (κ2) is 71.7. The number of carbonyl (C=O) groups is 4. The molecule has 0 spiro atoms. The van der Waals surface area contributed by atoms with E-state index in [4.69, 9.17) is 37.0 Å². The van der Waals surface area contributed by atoms with Crippen molar-refractivity contribution in [1.29, 1.82) is 0 Å². The van der Waals surface area contributed by atoms with E-state index in [1.54, 1.807) is 0 Å². The number of aliphatic hydroxyl groups excluding tert-OH is 1. The SMILES string of the molecule is CCCCCCCCCCCCCCCCCCCCCCC(=O)O[C@H](COC(=O)CCCCCCCCCCCCCC(C)C)COP(=O)(O)OC[C@@H](O)COP(=O)(O)OC[C@@H](COC(=O)CCCCCCCCCCCCC)OC(=O)CCCCCCCCCCCCCC(C)C. The van der Waals surface area contributed by atoms with Crippen molar-refractivity contribution in [3.05, 3.63) is 0 Å². The molecule has 5 atom stereocenters. The number of unbranched alkanes of at least 4 members (excludes halogenated alkanes) is 49. The predicted molar refractivity (Wildman–Crippen MR) is 405 cm³/mol. The Morgan fingerprint density at radius 2 is 0.465 bits per heavy atom. The van der Waals surface area contributed by atoms with Crippen molar-refractivity contribution in [1.82, 2.24) is 0 Å². The van der Waals surface area contributed by atoms with Gasteiger partial charge in [0, 0.05) is 25.7 Å². The first-order valence-corrected chi connectivity index (χ1v) is 44.5. The maximum absolute atomic E-state index is 13.1. The molecule has 0 saturated heterocycles. The molecule has 0 bridgehead atoms. The van der Waals surface area contributed by atoms with Crippen LogP contribution in [0.15, 0.2) is 0 Å². The van der Waals surface area contributed by atoms with Crippen LogP contribution >= 0.6 is 15.6 Å². The largest absolute Gasteiger partial charge is 0.472 e. The summed E-state index contributed by atoms with van der Waals surface area (Å²) in [5, 5.41) is 10.6. The Hall–Kier alpha value is -1.94. The first-order chi connectivity index (χ1) is 47.9. The molecular formula is C80H156O17P2. The van der Waals surface area contributed by atoms with Gasteiger partial charge in [-0.1, -0.05) is 369 Å². The normalized spacial score (nSPS) is 13.9. The minimum Gasteiger partial charge on any atom is -0.462 e. The van der Waals surface area contributed by atoms with E-state index in [0.717, 1.165) is 102 Å². The first kappa shape index (κ1) is 97.1. The lowest BCUT2D eigenvalue weighted by Crippen LogP contribution is -2.30. The molecule has 0 aromatic carbocycles. The van der Waals surface area contributed by atoms with Crippen LogP contribution in [0.5, 0.6) is 0 Å². The molecule has 0 aliphatic rings. The zero-order valence-electron chi connectivity index (χ0n) is 64.8. The van der Waals surface area contributed by atoms with Gasteiger partial charge in [0.25, 0.3) is 0 Å². The molecule has 0 aliphatic heterocycles. The van der Waals surface area contributed by atoms with Crippen LogP contribution < -0.4 is 0 Å². The van der Waals surface area contributed by atoms with E-state index in [-0.39, 0.29) is 25.7 Å². The Morgan fingerprint density at radius 1 is 0.273 bits per heavy atom. The van der Waals surface area contributed by atoms with Gasteiger partial charge in [0.2, 0.25) is 0 Å². The van der Waals surface area contributed by atoms with Crippen molar-refractivity contribution in [3.8, 4) is 0 Å². The van der Waals surface area contributed by atoms with Gasteiger partial charge in [0.1, 0.15) is 19.3 Å². The molecule has 2 unspecified atom stereocenters. The van der Waals surface area contributed by atoms with E-state index in [9.17, 15) is 43.2 Å². The number of aliphatic hydroxyl groups is 1. The van der Waals surface area contributed by atoms with E-state index in [2.05, 4.69) is 41.5 Å². The maximum atomic E-state index is 13.1. The standard InChI is InChI=1S/C80H156O17P2/c1-7-9-11-13-15-17-19-20-21-22-23-24-25-26-27-33-40-46-52-58-64-79(84)96-76(69-91-78(83)63-57-51-45-39-34-28-31-36-42-48-54-60-72(3)4)71-95-99(88,89)93-67-74(81)66-92-98(86,87)94-70-75(68-90-77(82)62-56-50-44-38-30-18-16-14-12-10-8-2)97-80(85)65-59-53-47-41-35-29-32-37-43-49-55-61-73(5)6/h72-76,81H,7-71H2,1-6H3,(H,86,87)(H,88,89)/t74-,75+,76+/m0/s1. The highest BCUT2D eigenvalue weighted by atomic mass is 31.2. The lowest BCUT2D eigenvalue weighted by molar-refractivity contribution is -0.161. The summed E-state index contributed by atoms with van der Waals surface area (Å²) in [4.78, 5) is 73.0. The molecule has 0 heterocycles. The third kappa shape index (κ3) is 74.1. The number of phosphoric acid groups is 2. The van der Waals surface area contributed by atoms with Gasteiger partial charge >= 0.3 is 39.5 Å². The molecule has 0 amide bonds. The molecule has 0 aromatic heterocycles. The summed E-state index contributed by atoms with van der Waals surface area (Å²) < 4.78 is 68.7. The van der Waals surface area contributed by atoms with Crippen molar-refractivity contribution >= 4 is 39.5 Å². The van der Waals surface area contributed by atoms with Crippen molar-refractivity contribution < 1.29 is 80.2 Å². The minimum atomic E-state index is -4.96. The van der Waals surface area contributed by atoms with Gasteiger partial charge in [0.05, 0.1) is 26.4 Å². The van der Waals surface area contributed by atoms with Crippen LogP contribution in [0.1, 0.15) is 420 Å². The van der Waals surface area contributed by atoms with Crippen LogP contribution in [0.2, 0.25) is 0 Å². The average Bonchev–Trinajstić information content (AvgIpc) is 0.972. The number of ether oxygens (including phenoxy) is 4. The Balaban J connectivity index is 5.23. The summed E-state index contributed by atoms with van der Waals surface area (Å²) in [5.74, 6) is -0.573. The highest BCUT2D eigenvalue weighted by Gasteiger charge is 2.30. The van der Waals surface area contributed by atoms with Gasteiger partial charge < -0.3 is 33.8 Å². The smallest absolute Gasteiger partial charge is 0.462 e. The number of rotatable bonds is 79. The quantitative estimate of drug-likeness (QED) is 0.0222. The van der Waals surface area contributed by atoms with Gasteiger partial charge in [-0.25, -0.2) is 9.13 Å². The summed E-state index contributed by atoms with van der Waals surface area (Å²) >= 11 is 0. The Bertz CT molecular complexity index is 1910. The molecular weight excluding hydrogens is 1290 g/mol. The van der Waals surface area contributed by atoms with E-state index in [1.807, 2.05) is 0 Å². The third-order valence-electron chi connectivity index (χ3n) is 18.7. The van der Waals surface area contributed by atoms with Crippen molar-refractivity contribution in [2.24, 2.45) is 11.8 Å². The molecule has 0 aromatic rings. The lowest BCUT2D eigenvalue weighted by atomic mass is 10.0. The number of esters is 4. The molecule has 0 aliphatic carbocycles. The van der Waals surface area contributed by atoms with Crippen LogP contribution in [0.3, 0.4) is 0 Å². The zero-order valence-corrected chi connectivity index (χ0v) is 66.6. The topological polar surface area (TPSA) is 237 Å². The van der Waals surface area contributed by atoms with Crippen molar-refractivity contribution in [2.45, 2.75) is 439 Å². The second-order valence-corrected chi connectivity index (χ2v) is 32.7. The summed E-state index contributed by atoms with van der Waals surface area (Å²) in [6.45, 7) is 9.63. The molecule has 0 rings (SSSR count). The Morgan fingerprint density at radius 3 is 0.687 bits per heavy atom. The van der Waals surface area contributed by atoms with Crippen LogP contribution in [0.4, 0.5) is 0 Å². The van der Waals surface area contributed by atoms with Gasteiger partial charge in [-0.15, -0.1) is 0 Å².